The van der Waals surface area contributed by atoms with Crippen molar-refractivity contribution >= 4 is 11.6 Å². The van der Waals surface area contributed by atoms with E-state index in [2.05, 4.69) is 5.32 Å². The maximum absolute atomic E-state index is 11.7. The average Bonchev–Trinajstić information content (AvgIpc) is 2.37. The fraction of sp³-hybridized carbons (Fsp3) is 0.417. The summed E-state index contributed by atoms with van der Waals surface area (Å²) in [7, 11) is 3.10. The number of hydrogen-bond acceptors (Lipinski definition) is 4. The fourth-order valence-corrected chi connectivity index (χ4v) is 1.32. The zero-order valence-electron chi connectivity index (χ0n) is 10.3. The molecule has 0 radical (unpaired) electrons. The van der Waals surface area contributed by atoms with Crippen LogP contribution in [0.3, 0.4) is 0 Å². The van der Waals surface area contributed by atoms with Crippen LogP contribution in [0.15, 0.2) is 18.2 Å². The lowest BCUT2D eigenvalue weighted by atomic mass is 10.2. The van der Waals surface area contributed by atoms with Crippen molar-refractivity contribution in [1.82, 2.24) is 0 Å². The minimum Gasteiger partial charge on any atom is -0.497 e. The number of nitrogens with two attached hydrogens (primary N) is 1. The number of hydrogen-bond donors (Lipinski definition) is 2. The summed E-state index contributed by atoms with van der Waals surface area (Å²) in [5.74, 6) is 0.979. The van der Waals surface area contributed by atoms with E-state index >= 15 is 0 Å². The molecule has 1 amide bonds. The maximum atomic E-state index is 11.7. The van der Waals surface area contributed by atoms with Crippen LogP contribution < -0.4 is 20.5 Å². The molecule has 1 rings (SSSR count). The molecule has 1 atom stereocenters. The van der Waals surface area contributed by atoms with Crippen LogP contribution in [-0.2, 0) is 4.79 Å². The smallest absolute Gasteiger partial charge is 0.241 e. The minimum absolute atomic E-state index is 0.237. The molecule has 0 spiro atoms. The first kappa shape index (κ1) is 13.3. The Morgan fingerprint density at radius 2 is 2.12 bits per heavy atom. The summed E-state index contributed by atoms with van der Waals surface area (Å²) < 4.78 is 10.2. The molecule has 0 heterocycles. The highest BCUT2D eigenvalue weighted by molar-refractivity contribution is 5.96. The topological polar surface area (TPSA) is 73.6 Å². The summed E-state index contributed by atoms with van der Waals surface area (Å²) >= 11 is 0. The van der Waals surface area contributed by atoms with Crippen LogP contribution in [0.5, 0.6) is 11.5 Å². The number of ether oxygens (including phenoxy) is 2. The fourth-order valence-electron chi connectivity index (χ4n) is 1.32. The maximum Gasteiger partial charge on any atom is 0.241 e. The number of carbonyl (C=O) groups excluding carboxylic acids is 1. The lowest BCUT2D eigenvalue weighted by Crippen LogP contribution is -2.34. The molecule has 94 valence electrons. The highest BCUT2D eigenvalue weighted by Crippen LogP contribution is 2.28. The molecule has 0 saturated carbocycles. The molecule has 0 saturated heterocycles. The molecule has 5 heteroatoms. The minimum atomic E-state index is -0.522. The Balaban J connectivity index is 2.91. The molecule has 17 heavy (non-hydrogen) atoms. The van der Waals surface area contributed by atoms with Gasteiger partial charge < -0.3 is 20.5 Å². The molecular weight excluding hydrogens is 220 g/mol. The molecule has 0 aliphatic rings. The monoisotopic (exact) mass is 238 g/mol. The van der Waals surface area contributed by atoms with Crippen LogP contribution in [-0.4, -0.2) is 26.2 Å². The molecule has 0 unspecified atom stereocenters. The molecule has 0 aliphatic heterocycles. The number of amides is 1. The molecule has 1 aromatic rings. The lowest BCUT2D eigenvalue weighted by molar-refractivity contribution is -0.117. The third-order valence-electron chi connectivity index (χ3n) is 2.44. The molecular formula is C12H18N2O3. The zero-order valence-corrected chi connectivity index (χ0v) is 10.3. The Labute approximate surface area is 101 Å². The number of nitrogens with one attached hydrogen (secondary N) is 1. The lowest BCUT2D eigenvalue weighted by Gasteiger charge is -2.14. The van der Waals surface area contributed by atoms with Crippen molar-refractivity contribution in [3.8, 4) is 11.5 Å². The molecule has 0 bridgehead atoms. The highest BCUT2D eigenvalue weighted by atomic mass is 16.5. The molecule has 0 fully saturated rings. The van der Waals surface area contributed by atoms with Gasteiger partial charge in [0.1, 0.15) is 11.5 Å². The van der Waals surface area contributed by atoms with Crippen LogP contribution in [0, 0.1) is 0 Å². The van der Waals surface area contributed by atoms with E-state index in [4.69, 9.17) is 15.2 Å². The second-order valence-corrected chi connectivity index (χ2v) is 3.57. The van der Waals surface area contributed by atoms with Crippen LogP contribution in [0.4, 0.5) is 5.69 Å². The normalized spacial score (nSPS) is 11.8. The summed E-state index contributed by atoms with van der Waals surface area (Å²) in [6.07, 6.45) is 0.581. The predicted octanol–water partition coefficient (Wildman–Crippen LogP) is 1.38. The van der Waals surface area contributed by atoms with Crippen LogP contribution >= 0.6 is 0 Å². The number of methoxy groups -OCH3 is 2. The van der Waals surface area contributed by atoms with E-state index in [1.165, 1.54) is 7.11 Å². The van der Waals surface area contributed by atoms with E-state index in [1.807, 2.05) is 6.92 Å². The summed E-state index contributed by atoms with van der Waals surface area (Å²) in [4.78, 5) is 11.7. The Morgan fingerprint density at radius 3 is 2.65 bits per heavy atom. The van der Waals surface area contributed by atoms with Crippen LogP contribution in [0.25, 0.3) is 0 Å². The highest BCUT2D eigenvalue weighted by Gasteiger charge is 2.14. The van der Waals surface area contributed by atoms with Gasteiger partial charge in [-0.2, -0.15) is 0 Å². The quantitative estimate of drug-likeness (QED) is 0.812. The van der Waals surface area contributed by atoms with Gasteiger partial charge in [0.05, 0.1) is 25.9 Å². The Kier molecular flexibility index (Phi) is 4.78. The van der Waals surface area contributed by atoms with Crippen molar-refractivity contribution in [3.05, 3.63) is 18.2 Å². The van der Waals surface area contributed by atoms with E-state index in [9.17, 15) is 4.79 Å². The molecule has 5 nitrogen and oxygen atoms in total. The first-order chi connectivity index (χ1) is 8.12. The molecule has 3 N–H and O–H groups in total. The van der Waals surface area contributed by atoms with Gasteiger partial charge in [0, 0.05) is 6.07 Å². The van der Waals surface area contributed by atoms with Crippen molar-refractivity contribution in [2.75, 3.05) is 19.5 Å². The van der Waals surface area contributed by atoms with Crippen molar-refractivity contribution in [2.24, 2.45) is 5.73 Å². The number of anilines is 1. The van der Waals surface area contributed by atoms with Gasteiger partial charge in [-0.3, -0.25) is 4.79 Å². The first-order valence-corrected chi connectivity index (χ1v) is 5.40. The predicted molar refractivity (Wildman–Crippen MR) is 66.4 cm³/mol. The van der Waals surface area contributed by atoms with Crippen molar-refractivity contribution in [3.63, 3.8) is 0 Å². The van der Waals surface area contributed by atoms with E-state index in [0.717, 1.165) is 0 Å². The van der Waals surface area contributed by atoms with Crippen LogP contribution in [0.2, 0.25) is 0 Å². The summed E-state index contributed by atoms with van der Waals surface area (Å²) in [6, 6.07) is 4.66. The van der Waals surface area contributed by atoms with Gasteiger partial charge in [0.2, 0.25) is 5.91 Å². The summed E-state index contributed by atoms with van der Waals surface area (Å²) in [5.41, 5.74) is 6.20. The van der Waals surface area contributed by atoms with Crippen molar-refractivity contribution in [1.29, 1.82) is 0 Å². The first-order valence-electron chi connectivity index (χ1n) is 5.40. The summed E-state index contributed by atoms with van der Waals surface area (Å²) in [6.45, 7) is 1.85. The van der Waals surface area contributed by atoms with Gasteiger partial charge >= 0.3 is 0 Å². The Bertz CT molecular complexity index is 393. The number of carbonyl (C=O) groups is 1. The third-order valence-corrected chi connectivity index (χ3v) is 2.44. The van der Waals surface area contributed by atoms with E-state index < -0.39 is 6.04 Å². The van der Waals surface area contributed by atoms with Crippen molar-refractivity contribution in [2.45, 2.75) is 19.4 Å². The van der Waals surface area contributed by atoms with Crippen molar-refractivity contribution < 1.29 is 14.3 Å². The number of benzene rings is 1. The number of rotatable bonds is 5. The average molecular weight is 238 g/mol. The largest absolute Gasteiger partial charge is 0.497 e. The molecule has 0 aliphatic carbocycles. The van der Waals surface area contributed by atoms with E-state index in [0.29, 0.717) is 23.6 Å². The van der Waals surface area contributed by atoms with Crippen LogP contribution in [0.1, 0.15) is 13.3 Å². The van der Waals surface area contributed by atoms with Gasteiger partial charge in [-0.15, -0.1) is 0 Å². The van der Waals surface area contributed by atoms with E-state index in [1.54, 1.807) is 25.3 Å². The van der Waals surface area contributed by atoms with Gasteiger partial charge in [-0.25, -0.2) is 0 Å². The van der Waals surface area contributed by atoms with Gasteiger partial charge in [0.15, 0.2) is 0 Å². The standard InChI is InChI=1S/C12H18N2O3/c1-4-9(13)12(15)14-10-7-8(16-2)5-6-11(10)17-3/h5-7,9H,4,13H2,1-3H3,(H,14,15)/t9-/m0/s1. The Morgan fingerprint density at radius 1 is 1.41 bits per heavy atom. The summed E-state index contributed by atoms with van der Waals surface area (Å²) in [5, 5.41) is 2.72. The molecule has 0 aromatic heterocycles. The van der Waals surface area contributed by atoms with E-state index in [-0.39, 0.29) is 5.91 Å². The van der Waals surface area contributed by atoms with Gasteiger partial charge in [-0.1, -0.05) is 6.92 Å². The van der Waals surface area contributed by atoms with Gasteiger partial charge in [0.25, 0.3) is 0 Å². The Hall–Kier alpha value is -1.75. The third kappa shape index (κ3) is 3.35. The SMILES string of the molecule is CC[C@H](N)C(=O)Nc1cc(OC)ccc1OC. The second kappa shape index (κ2) is 6.10. The second-order valence-electron chi connectivity index (χ2n) is 3.57. The molecule has 1 aromatic carbocycles. The zero-order chi connectivity index (χ0) is 12.8. The van der Waals surface area contributed by atoms with Gasteiger partial charge in [-0.05, 0) is 18.6 Å².